The summed E-state index contributed by atoms with van der Waals surface area (Å²) >= 11 is 0. The molecule has 0 saturated carbocycles. The van der Waals surface area contributed by atoms with Gasteiger partial charge >= 0.3 is 0 Å². The molecular weight excluding hydrogens is 264 g/mol. The lowest BCUT2D eigenvalue weighted by molar-refractivity contribution is -0.0366. The van der Waals surface area contributed by atoms with Gasteiger partial charge in [-0.2, -0.15) is 5.10 Å². The molecule has 4 heteroatoms. The molecule has 0 aliphatic carbocycles. The molecule has 2 aliphatic heterocycles. The zero-order valence-corrected chi connectivity index (χ0v) is 12.1. The minimum atomic E-state index is 0.0966. The third-order valence-electron chi connectivity index (χ3n) is 4.33. The van der Waals surface area contributed by atoms with Gasteiger partial charge in [0.2, 0.25) is 0 Å². The van der Waals surface area contributed by atoms with E-state index in [-0.39, 0.29) is 6.23 Å². The minimum Gasteiger partial charge on any atom is -0.501 e. The SMILES string of the molecule is C1=C(c2ccc3c(cnn3C3CCCCO3)c2)CCCO1. The van der Waals surface area contributed by atoms with Crippen molar-refractivity contribution in [2.75, 3.05) is 13.2 Å². The quantitative estimate of drug-likeness (QED) is 0.839. The summed E-state index contributed by atoms with van der Waals surface area (Å²) in [7, 11) is 0. The van der Waals surface area contributed by atoms with E-state index >= 15 is 0 Å². The van der Waals surface area contributed by atoms with Crippen molar-refractivity contribution < 1.29 is 9.47 Å². The highest BCUT2D eigenvalue weighted by atomic mass is 16.5. The molecule has 4 rings (SSSR count). The van der Waals surface area contributed by atoms with E-state index in [9.17, 15) is 0 Å². The standard InChI is InChI=1S/C17H20N2O2/c1-2-9-21-17(5-1)19-16-7-6-13(10-15(16)11-18-19)14-4-3-8-20-12-14/h6-7,10-12,17H,1-5,8-9H2. The van der Waals surface area contributed by atoms with Crippen molar-refractivity contribution in [1.29, 1.82) is 0 Å². The Morgan fingerprint density at radius 2 is 2.14 bits per heavy atom. The maximum Gasteiger partial charge on any atom is 0.150 e. The number of benzene rings is 1. The second kappa shape index (κ2) is 5.53. The number of hydrogen-bond acceptors (Lipinski definition) is 3. The highest BCUT2D eigenvalue weighted by Gasteiger charge is 2.18. The molecule has 0 N–H and O–H groups in total. The van der Waals surface area contributed by atoms with Crippen molar-refractivity contribution in [2.24, 2.45) is 0 Å². The van der Waals surface area contributed by atoms with Crippen molar-refractivity contribution in [2.45, 2.75) is 38.3 Å². The molecule has 3 heterocycles. The molecule has 1 aromatic carbocycles. The van der Waals surface area contributed by atoms with Crippen molar-refractivity contribution in [3.63, 3.8) is 0 Å². The molecule has 1 aromatic heterocycles. The normalized spacial score (nSPS) is 22.9. The molecule has 1 saturated heterocycles. The van der Waals surface area contributed by atoms with Crippen LogP contribution in [0.3, 0.4) is 0 Å². The first-order valence-electron chi connectivity index (χ1n) is 7.82. The smallest absolute Gasteiger partial charge is 0.150 e. The summed E-state index contributed by atoms with van der Waals surface area (Å²) < 4.78 is 13.3. The summed E-state index contributed by atoms with van der Waals surface area (Å²) in [6.45, 7) is 1.68. The molecule has 0 bridgehead atoms. The van der Waals surface area contributed by atoms with E-state index in [2.05, 4.69) is 23.3 Å². The van der Waals surface area contributed by atoms with Gasteiger partial charge in [0.25, 0.3) is 0 Å². The van der Waals surface area contributed by atoms with Crippen LogP contribution in [0, 0.1) is 0 Å². The van der Waals surface area contributed by atoms with Gasteiger partial charge in [-0.3, -0.25) is 0 Å². The third-order valence-corrected chi connectivity index (χ3v) is 4.33. The number of rotatable bonds is 2. The van der Waals surface area contributed by atoms with E-state index in [0.717, 1.165) is 44.4 Å². The number of allylic oxidation sites excluding steroid dienone is 1. The summed E-state index contributed by atoms with van der Waals surface area (Å²) in [5, 5.41) is 5.72. The molecule has 0 spiro atoms. The maximum absolute atomic E-state index is 5.85. The highest BCUT2D eigenvalue weighted by molar-refractivity contribution is 5.83. The van der Waals surface area contributed by atoms with Crippen molar-refractivity contribution in [3.05, 3.63) is 36.2 Å². The van der Waals surface area contributed by atoms with E-state index in [1.54, 1.807) is 0 Å². The number of nitrogens with zero attached hydrogens (tertiary/aromatic N) is 2. The summed E-state index contributed by atoms with van der Waals surface area (Å²) in [4.78, 5) is 0. The molecule has 2 aromatic rings. The van der Waals surface area contributed by atoms with Gasteiger partial charge in [0.05, 0.1) is 24.6 Å². The Kier molecular flexibility index (Phi) is 3.39. The Bertz CT molecular complexity index is 668. The van der Waals surface area contributed by atoms with Crippen LogP contribution < -0.4 is 0 Å². The highest BCUT2D eigenvalue weighted by Crippen LogP contribution is 2.29. The summed E-state index contributed by atoms with van der Waals surface area (Å²) in [5.74, 6) is 0. The largest absolute Gasteiger partial charge is 0.501 e. The third kappa shape index (κ3) is 2.44. The zero-order chi connectivity index (χ0) is 14.1. The van der Waals surface area contributed by atoms with Gasteiger partial charge < -0.3 is 9.47 Å². The van der Waals surface area contributed by atoms with Gasteiger partial charge in [0.1, 0.15) is 0 Å². The van der Waals surface area contributed by atoms with Gasteiger partial charge in [-0.05, 0) is 55.4 Å². The summed E-state index contributed by atoms with van der Waals surface area (Å²) in [6, 6.07) is 6.54. The van der Waals surface area contributed by atoms with E-state index in [4.69, 9.17) is 9.47 Å². The number of fused-ring (bicyclic) bond motifs is 1. The lowest BCUT2D eigenvalue weighted by Crippen LogP contribution is -2.18. The van der Waals surface area contributed by atoms with Crippen LogP contribution in [0.4, 0.5) is 0 Å². The number of ether oxygens (including phenoxy) is 2. The molecule has 1 atom stereocenters. The monoisotopic (exact) mass is 284 g/mol. The first-order valence-corrected chi connectivity index (χ1v) is 7.82. The van der Waals surface area contributed by atoms with Gasteiger partial charge in [-0.1, -0.05) is 6.07 Å². The van der Waals surface area contributed by atoms with E-state index < -0.39 is 0 Å². The fourth-order valence-corrected chi connectivity index (χ4v) is 3.18. The fraction of sp³-hybridized carbons (Fsp3) is 0.471. The Balaban J connectivity index is 1.68. The van der Waals surface area contributed by atoms with Crippen LogP contribution in [0.25, 0.3) is 16.5 Å². The zero-order valence-electron chi connectivity index (χ0n) is 12.1. The topological polar surface area (TPSA) is 36.3 Å². The van der Waals surface area contributed by atoms with Crippen LogP contribution in [0.1, 0.15) is 43.9 Å². The maximum atomic E-state index is 5.85. The summed E-state index contributed by atoms with van der Waals surface area (Å²) in [5.41, 5.74) is 3.68. The molecule has 21 heavy (non-hydrogen) atoms. The van der Waals surface area contributed by atoms with Gasteiger partial charge in [-0.25, -0.2) is 4.68 Å². The van der Waals surface area contributed by atoms with Gasteiger partial charge in [0.15, 0.2) is 6.23 Å². The lowest BCUT2D eigenvalue weighted by Gasteiger charge is -2.23. The van der Waals surface area contributed by atoms with Crippen LogP contribution in [0.5, 0.6) is 0 Å². The van der Waals surface area contributed by atoms with Crippen LogP contribution in [0.2, 0.25) is 0 Å². The van der Waals surface area contributed by atoms with Crippen LogP contribution in [-0.4, -0.2) is 23.0 Å². The molecule has 0 radical (unpaired) electrons. The Labute approximate surface area is 124 Å². The molecule has 110 valence electrons. The Hall–Kier alpha value is -1.81. The number of hydrogen-bond donors (Lipinski definition) is 0. The average molecular weight is 284 g/mol. The second-order valence-corrected chi connectivity index (χ2v) is 5.80. The lowest BCUT2D eigenvalue weighted by atomic mass is 10.0. The molecule has 2 aliphatic rings. The first kappa shape index (κ1) is 12.9. The minimum absolute atomic E-state index is 0.0966. The van der Waals surface area contributed by atoms with Crippen molar-refractivity contribution in [1.82, 2.24) is 9.78 Å². The van der Waals surface area contributed by atoms with Crippen LogP contribution >= 0.6 is 0 Å². The van der Waals surface area contributed by atoms with Gasteiger partial charge in [0, 0.05) is 12.0 Å². The van der Waals surface area contributed by atoms with E-state index in [1.807, 2.05) is 17.1 Å². The van der Waals surface area contributed by atoms with Crippen LogP contribution in [0.15, 0.2) is 30.7 Å². The fourth-order valence-electron chi connectivity index (χ4n) is 3.18. The molecule has 4 nitrogen and oxygen atoms in total. The van der Waals surface area contributed by atoms with Crippen LogP contribution in [-0.2, 0) is 9.47 Å². The predicted octanol–water partition coefficient (Wildman–Crippen LogP) is 3.89. The Morgan fingerprint density at radius 1 is 1.14 bits per heavy atom. The second-order valence-electron chi connectivity index (χ2n) is 5.80. The first-order chi connectivity index (χ1) is 10.4. The molecular formula is C17H20N2O2. The molecule has 1 unspecified atom stereocenters. The molecule has 0 amide bonds. The van der Waals surface area contributed by atoms with Crippen molar-refractivity contribution >= 4 is 16.5 Å². The summed E-state index contributed by atoms with van der Waals surface area (Å²) in [6.07, 6.45) is 9.56. The van der Waals surface area contributed by atoms with Gasteiger partial charge in [-0.15, -0.1) is 0 Å². The van der Waals surface area contributed by atoms with Crippen molar-refractivity contribution in [3.8, 4) is 0 Å². The number of aromatic nitrogens is 2. The average Bonchev–Trinajstić information content (AvgIpc) is 2.99. The molecule has 1 fully saturated rings. The van der Waals surface area contributed by atoms with E-state index in [0.29, 0.717) is 0 Å². The Morgan fingerprint density at radius 3 is 2.95 bits per heavy atom. The van der Waals surface area contributed by atoms with E-state index in [1.165, 1.54) is 22.9 Å². The predicted molar refractivity (Wildman–Crippen MR) is 81.7 cm³/mol.